The second kappa shape index (κ2) is 8.78. The number of aromatic nitrogens is 2. The van der Waals surface area contributed by atoms with Gasteiger partial charge < -0.3 is 5.32 Å². The predicted molar refractivity (Wildman–Crippen MR) is 119 cm³/mol. The lowest BCUT2D eigenvalue weighted by Crippen LogP contribution is -2.39. The maximum atomic E-state index is 12.9. The number of carbonyl (C=O) groups excluding carboxylic acids is 2. The molecule has 0 aliphatic heterocycles. The van der Waals surface area contributed by atoms with E-state index in [1.54, 1.807) is 0 Å². The van der Waals surface area contributed by atoms with Gasteiger partial charge in [0.1, 0.15) is 11.2 Å². The summed E-state index contributed by atoms with van der Waals surface area (Å²) < 4.78 is 0.962. The highest BCUT2D eigenvalue weighted by Crippen LogP contribution is 2.30. The van der Waals surface area contributed by atoms with Crippen LogP contribution in [0, 0.1) is 10.1 Å². The van der Waals surface area contributed by atoms with Crippen LogP contribution in [0.25, 0.3) is 21.3 Å². The molecule has 0 unspecified atom stereocenters. The molecule has 0 spiro atoms. The highest BCUT2D eigenvalue weighted by molar-refractivity contribution is 7.17. The molecule has 0 atom stereocenters. The summed E-state index contributed by atoms with van der Waals surface area (Å²) in [5.74, 6) is -1.32. The average Bonchev–Trinajstić information content (AvgIpc) is 3.25. The van der Waals surface area contributed by atoms with Gasteiger partial charge in [-0.15, -0.1) is 11.3 Å². The number of benzene rings is 2. The number of nitrogens with zero attached hydrogens (tertiary/aromatic N) is 3. The van der Waals surface area contributed by atoms with E-state index in [-0.39, 0.29) is 11.3 Å². The number of nitro groups is 1. The third-order valence-corrected chi connectivity index (χ3v) is 5.44. The van der Waals surface area contributed by atoms with Crippen molar-refractivity contribution in [3.63, 3.8) is 0 Å². The Morgan fingerprint density at radius 1 is 1.12 bits per heavy atom. The first kappa shape index (κ1) is 20.9. The molecule has 10 nitrogen and oxygen atoms in total. The lowest BCUT2D eigenvalue weighted by molar-refractivity contribution is -0.384. The van der Waals surface area contributed by atoms with Gasteiger partial charge in [0.25, 0.3) is 23.1 Å². The molecule has 4 rings (SSSR count). The van der Waals surface area contributed by atoms with Gasteiger partial charge in [0.05, 0.1) is 16.9 Å². The van der Waals surface area contributed by atoms with Crippen molar-refractivity contribution in [1.29, 1.82) is 0 Å². The lowest BCUT2D eigenvalue weighted by atomic mass is 10.1. The van der Waals surface area contributed by atoms with Crippen molar-refractivity contribution in [2.75, 3.05) is 12.0 Å². The lowest BCUT2D eigenvalue weighted by Gasteiger charge is -2.09. The molecule has 11 heteroatoms. The van der Waals surface area contributed by atoms with Crippen LogP contribution in [-0.4, -0.2) is 32.9 Å². The fraction of sp³-hybridized carbons (Fsp3) is 0.0476. The van der Waals surface area contributed by atoms with Crippen molar-refractivity contribution in [1.82, 2.24) is 15.0 Å². The smallest absolute Gasteiger partial charge is 0.281 e. The maximum Gasteiger partial charge on any atom is 0.281 e. The zero-order valence-corrected chi connectivity index (χ0v) is 17.2. The molecule has 2 N–H and O–H groups in total. The van der Waals surface area contributed by atoms with E-state index in [1.807, 2.05) is 35.7 Å². The SMILES string of the molecule is O=C(CNC(=O)c1cccc([N+](=O)[O-])c1)Nn1cnc2scc(-c3ccccc3)c2c1=O. The number of nitro benzene ring substituents is 1. The molecule has 0 aliphatic carbocycles. The Hall–Kier alpha value is -4.38. The van der Waals surface area contributed by atoms with E-state index >= 15 is 0 Å². The molecule has 2 amide bonds. The van der Waals surface area contributed by atoms with Crippen molar-refractivity contribution >= 4 is 39.1 Å². The third kappa shape index (κ3) is 4.23. The van der Waals surface area contributed by atoms with Crippen LogP contribution < -0.4 is 16.3 Å². The quantitative estimate of drug-likeness (QED) is 0.343. The van der Waals surface area contributed by atoms with Crippen molar-refractivity contribution in [2.24, 2.45) is 0 Å². The van der Waals surface area contributed by atoms with E-state index in [2.05, 4.69) is 15.7 Å². The normalized spacial score (nSPS) is 10.6. The molecule has 2 aromatic heterocycles. The zero-order valence-electron chi connectivity index (χ0n) is 16.3. The molecule has 32 heavy (non-hydrogen) atoms. The summed E-state index contributed by atoms with van der Waals surface area (Å²) in [5, 5.41) is 15.4. The van der Waals surface area contributed by atoms with Crippen LogP contribution in [0.2, 0.25) is 0 Å². The Bertz CT molecular complexity index is 1400. The summed E-state index contributed by atoms with van der Waals surface area (Å²) in [4.78, 5) is 52.4. The average molecular weight is 449 g/mol. The Morgan fingerprint density at radius 3 is 2.66 bits per heavy atom. The number of thiophene rings is 1. The van der Waals surface area contributed by atoms with Crippen LogP contribution in [0.5, 0.6) is 0 Å². The molecule has 0 radical (unpaired) electrons. The molecule has 0 saturated heterocycles. The Balaban J connectivity index is 1.49. The molecule has 160 valence electrons. The molecule has 0 aliphatic rings. The minimum atomic E-state index is -0.663. The summed E-state index contributed by atoms with van der Waals surface area (Å²) >= 11 is 1.32. The number of non-ortho nitro benzene ring substituents is 1. The zero-order chi connectivity index (χ0) is 22.7. The van der Waals surface area contributed by atoms with Crippen LogP contribution >= 0.6 is 11.3 Å². The van der Waals surface area contributed by atoms with Crippen molar-refractivity contribution in [3.05, 3.63) is 92.3 Å². The van der Waals surface area contributed by atoms with E-state index in [1.165, 1.54) is 35.9 Å². The van der Waals surface area contributed by atoms with Gasteiger partial charge in [0.15, 0.2) is 0 Å². The van der Waals surface area contributed by atoms with Gasteiger partial charge in [0, 0.05) is 28.6 Å². The number of amides is 2. The van der Waals surface area contributed by atoms with Crippen LogP contribution in [0.3, 0.4) is 0 Å². The van der Waals surface area contributed by atoms with Crippen LogP contribution in [0.1, 0.15) is 10.4 Å². The highest BCUT2D eigenvalue weighted by Gasteiger charge is 2.16. The van der Waals surface area contributed by atoms with Gasteiger partial charge >= 0.3 is 0 Å². The number of hydrogen-bond donors (Lipinski definition) is 2. The fourth-order valence-corrected chi connectivity index (χ4v) is 3.95. The molecule has 0 bridgehead atoms. The summed E-state index contributed by atoms with van der Waals surface area (Å²) in [5.41, 5.74) is 3.31. The van der Waals surface area contributed by atoms with Gasteiger partial charge in [-0.1, -0.05) is 36.4 Å². The van der Waals surface area contributed by atoms with Gasteiger partial charge in [-0.3, -0.25) is 29.9 Å². The van der Waals surface area contributed by atoms with Crippen molar-refractivity contribution < 1.29 is 14.5 Å². The van der Waals surface area contributed by atoms with Crippen LogP contribution in [-0.2, 0) is 4.79 Å². The second-order valence-electron chi connectivity index (χ2n) is 6.64. The molecule has 4 aromatic rings. The number of rotatable bonds is 6. The Morgan fingerprint density at radius 2 is 1.91 bits per heavy atom. The largest absolute Gasteiger partial charge is 0.343 e. The second-order valence-corrected chi connectivity index (χ2v) is 7.50. The van der Waals surface area contributed by atoms with Gasteiger partial charge in [-0.05, 0) is 11.6 Å². The Labute approximate surface area is 184 Å². The van der Waals surface area contributed by atoms with Gasteiger partial charge in [-0.25, -0.2) is 9.66 Å². The van der Waals surface area contributed by atoms with Crippen molar-refractivity contribution in [3.8, 4) is 11.1 Å². The summed E-state index contributed by atoms with van der Waals surface area (Å²) in [7, 11) is 0. The van der Waals surface area contributed by atoms with E-state index < -0.39 is 28.8 Å². The number of nitrogens with one attached hydrogen (secondary N) is 2. The molecule has 0 saturated carbocycles. The Kier molecular flexibility index (Phi) is 5.73. The first-order chi connectivity index (χ1) is 15.4. The summed E-state index contributed by atoms with van der Waals surface area (Å²) in [6.45, 7) is -0.443. The maximum absolute atomic E-state index is 12.9. The van der Waals surface area contributed by atoms with Crippen LogP contribution in [0.15, 0.2) is 71.1 Å². The number of fused-ring (bicyclic) bond motifs is 1. The summed E-state index contributed by atoms with van der Waals surface area (Å²) in [6.07, 6.45) is 1.20. The minimum Gasteiger partial charge on any atom is -0.343 e. The van der Waals surface area contributed by atoms with Gasteiger partial charge in [0.2, 0.25) is 0 Å². The highest BCUT2D eigenvalue weighted by atomic mass is 32.1. The van der Waals surface area contributed by atoms with Crippen LogP contribution in [0.4, 0.5) is 5.69 Å². The van der Waals surface area contributed by atoms with Crippen molar-refractivity contribution in [2.45, 2.75) is 0 Å². The first-order valence-electron chi connectivity index (χ1n) is 9.31. The monoisotopic (exact) mass is 449 g/mol. The number of carbonyl (C=O) groups is 2. The number of hydrogen-bond acceptors (Lipinski definition) is 7. The fourth-order valence-electron chi connectivity index (χ4n) is 3.04. The van der Waals surface area contributed by atoms with E-state index in [0.717, 1.165) is 16.3 Å². The van der Waals surface area contributed by atoms with E-state index in [9.17, 15) is 24.5 Å². The molecular formula is C21H15N5O5S. The summed E-state index contributed by atoms with van der Waals surface area (Å²) in [6, 6.07) is 14.5. The third-order valence-electron chi connectivity index (χ3n) is 4.55. The molecule has 2 heterocycles. The van der Waals surface area contributed by atoms with E-state index in [4.69, 9.17) is 0 Å². The standard InChI is InChI=1S/C21H15N5O5S/c27-17(10-22-19(28)14-7-4-8-15(9-14)26(30)31)24-25-12-23-20-18(21(25)29)16(11-32-20)13-5-2-1-3-6-13/h1-9,11-12H,10H2,(H,22,28)(H,24,27). The molecule has 2 aromatic carbocycles. The molecule has 0 fully saturated rings. The molecular weight excluding hydrogens is 434 g/mol. The minimum absolute atomic E-state index is 0.0398. The topological polar surface area (TPSA) is 136 Å². The van der Waals surface area contributed by atoms with E-state index in [0.29, 0.717) is 15.8 Å². The first-order valence-corrected chi connectivity index (χ1v) is 10.2. The van der Waals surface area contributed by atoms with Gasteiger partial charge in [-0.2, -0.15) is 0 Å². The predicted octanol–water partition coefficient (Wildman–Crippen LogP) is 2.53.